The molecule has 1 aliphatic carbocycles. The molecular formula is C18H27N3O2. The molecule has 1 aromatic heterocycles. The third-order valence-corrected chi connectivity index (χ3v) is 5.45. The van der Waals surface area contributed by atoms with Crippen molar-refractivity contribution in [2.24, 2.45) is 0 Å². The van der Waals surface area contributed by atoms with Gasteiger partial charge in [0.05, 0.1) is 0 Å². The van der Waals surface area contributed by atoms with Crippen LogP contribution in [0.1, 0.15) is 64.7 Å². The van der Waals surface area contributed by atoms with E-state index in [0.29, 0.717) is 11.3 Å². The number of aromatic amines is 1. The molecule has 0 bridgehead atoms. The average Bonchev–Trinajstić information content (AvgIpc) is 3.15. The summed E-state index contributed by atoms with van der Waals surface area (Å²) in [4.78, 5) is 32.1. The topological polar surface area (TPSA) is 56.4 Å². The monoisotopic (exact) mass is 317 g/mol. The predicted octanol–water partition coefficient (Wildman–Crippen LogP) is 2.53. The molecule has 5 nitrogen and oxygen atoms in total. The molecule has 126 valence electrons. The number of carbonyl (C=O) groups is 2. The Morgan fingerprint density at radius 2 is 1.65 bits per heavy atom. The number of Topliss-reactive ketones (excluding diaryl/α,β-unsaturated/α-hetero) is 1. The van der Waals surface area contributed by atoms with E-state index in [-0.39, 0.29) is 11.7 Å². The molecule has 0 unspecified atom stereocenters. The number of hydrogen-bond acceptors (Lipinski definition) is 3. The lowest BCUT2D eigenvalue weighted by Crippen LogP contribution is -2.51. The molecule has 0 radical (unpaired) electrons. The van der Waals surface area contributed by atoms with Crippen molar-refractivity contribution in [2.45, 2.75) is 52.5 Å². The van der Waals surface area contributed by atoms with Crippen molar-refractivity contribution in [3.8, 4) is 0 Å². The molecule has 0 spiro atoms. The van der Waals surface area contributed by atoms with Gasteiger partial charge < -0.3 is 9.88 Å². The highest BCUT2D eigenvalue weighted by Gasteiger charge is 2.30. The predicted molar refractivity (Wildman–Crippen MR) is 90.0 cm³/mol. The maximum absolute atomic E-state index is 12.8. The summed E-state index contributed by atoms with van der Waals surface area (Å²) in [5.74, 6) is 0.0468. The second-order valence-electron chi connectivity index (χ2n) is 6.95. The van der Waals surface area contributed by atoms with Gasteiger partial charge in [0.15, 0.2) is 5.78 Å². The van der Waals surface area contributed by atoms with Crippen LogP contribution >= 0.6 is 0 Å². The molecule has 1 N–H and O–H groups in total. The van der Waals surface area contributed by atoms with E-state index in [0.717, 1.165) is 43.5 Å². The summed E-state index contributed by atoms with van der Waals surface area (Å²) in [6, 6.07) is 0.728. The summed E-state index contributed by atoms with van der Waals surface area (Å²) in [5, 5.41) is 0. The minimum Gasteiger partial charge on any atom is -0.354 e. The average molecular weight is 317 g/mol. The van der Waals surface area contributed by atoms with Gasteiger partial charge in [-0.1, -0.05) is 12.8 Å². The third kappa shape index (κ3) is 3.07. The van der Waals surface area contributed by atoms with E-state index >= 15 is 0 Å². The number of amides is 1. The Balaban J connectivity index is 1.68. The lowest BCUT2D eigenvalue weighted by atomic mass is 10.1. The van der Waals surface area contributed by atoms with Crippen molar-refractivity contribution in [1.82, 2.24) is 14.8 Å². The fourth-order valence-corrected chi connectivity index (χ4v) is 4.21. The SMILES string of the molecule is CC(=O)c1c(C)[nH]c(C(=O)N2CCN(C3CCCC3)CC2)c1C. The van der Waals surface area contributed by atoms with Crippen LogP contribution in [0.15, 0.2) is 0 Å². The van der Waals surface area contributed by atoms with Crippen LogP contribution in [0, 0.1) is 13.8 Å². The molecule has 0 aromatic carbocycles. The molecule has 2 aliphatic rings. The summed E-state index contributed by atoms with van der Waals surface area (Å²) < 4.78 is 0. The number of nitrogens with zero attached hydrogens (tertiary/aromatic N) is 2. The van der Waals surface area contributed by atoms with Crippen molar-refractivity contribution in [3.63, 3.8) is 0 Å². The van der Waals surface area contributed by atoms with E-state index < -0.39 is 0 Å². The van der Waals surface area contributed by atoms with E-state index in [1.165, 1.54) is 25.7 Å². The number of H-pyrrole nitrogens is 1. The van der Waals surface area contributed by atoms with E-state index in [9.17, 15) is 9.59 Å². The van der Waals surface area contributed by atoms with Crippen LogP contribution in [0.2, 0.25) is 0 Å². The highest BCUT2D eigenvalue weighted by molar-refractivity contribution is 6.02. The zero-order valence-corrected chi connectivity index (χ0v) is 14.4. The molecular weight excluding hydrogens is 290 g/mol. The highest BCUT2D eigenvalue weighted by Crippen LogP contribution is 2.25. The molecule has 3 rings (SSSR count). The number of nitrogens with one attached hydrogen (secondary N) is 1. The van der Waals surface area contributed by atoms with Gasteiger partial charge in [-0.05, 0) is 39.2 Å². The first-order chi connectivity index (χ1) is 11.0. The molecule has 1 amide bonds. The first-order valence-electron chi connectivity index (χ1n) is 8.72. The Bertz CT molecular complexity index is 606. The molecule has 1 saturated carbocycles. The van der Waals surface area contributed by atoms with Gasteiger partial charge in [-0.3, -0.25) is 14.5 Å². The van der Waals surface area contributed by atoms with Crippen molar-refractivity contribution in [2.75, 3.05) is 26.2 Å². The largest absolute Gasteiger partial charge is 0.354 e. The van der Waals surface area contributed by atoms with Gasteiger partial charge in [0, 0.05) is 43.5 Å². The summed E-state index contributed by atoms with van der Waals surface area (Å²) in [6.07, 6.45) is 5.31. The number of aromatic nitrogens is 1. The van der Waals surface area contributed by atoms with Crippen LogP contribution in [0.4, 0.5) is 0 Å². The van der Waals surface area contributed by atoms with Gasteiger partial charge in [0.25, 0.3) is 5.91 Å². The maximum atomic E-state index is 12.8. The zero-order valence-electron chi connectivity index (χ0n) is 14.4. The van der Waals surface area contributed by atoms with Crippen LogP contribution in [-0.4, -0.2) is 58.7 Å². The molecule has 0 atom stereocenters. The lowest BCUT2D eigenvalue weighted by Gasteiger charge is -2.38. The van der Waals surface area contributed by atoms with E-state index in [2.05, 4.69) is 9.88 Å². The number of hydrogen-bond donors (Lipinski definition) is 1. The van der Waals surface area contributed by atoms with Crippen molar-refractivity contribution >= 4 is 11.7 Å². The Morgan fingerprint density at radius 3 is 2.17 bits per heavy atom. The highest BCUT2D eigenvalue weighted by atomic mass is 16.2. The molecule has 1 aromatic rings. The second-order valence-corrected chi connectivity index (χ2v) is 6.95. The van der Waals surface area contributed by atoms with Gasteiger partial charge in [-0.15, -0.1) is 0 Å². The number of carbonyl (C=O) groups excluding carboxylic acids is 2. The van der Waals surface area contributed by atoms with Gasteiger partial charge in [0.1, 0.15) is 5.69 Å². The van der Waals surface area contributed by atoms with Crippen LogP contribution in [-0.2, 0) is 0 Å². The van der Waals surface area contributed by atoms with Gasteiger partial charge in [-0.2, -0.15) is 0 Å². The maximum Gasteiger partial charge on any atom is 0.270 e. The number of piperazine rings is 1. The molecule has 23 heavy (non-hydrogen) atoms. The molecule has 2 heterocycles. The van der Waals surface area contributed by atoms with E-state index in [4.69, 9.17) is 0 Å². The second kappa shape index (κ2) is 6.48. The molecule has 1 aliphatic heterocycles. The molecule has 5 heteroatoms. The van der Waals surface area contributed by atoms with E-state index in [1.54, 1.807) is 6.92 Å². The number of aryl methyl sites for hydroxylation is 1. The molecule has 2 fully saturated rings. The summed E-state index contributed by atoms with van der Waals surface area (Å²) in [6.45, 7) is 8.77. The fraction of sp³-hybridized carbons (Fsp3) is 0.667. The Kier molecular flexibility index (Phi) is 4.57. The van der Waals surface area contributed by atoms with Crippen molar-refractivity contribution in [3.05, 3.63) is 22.5 Å². The summed E-state index contributed by atoms with van der Waals surface area (Å²) in [7, 11) is 0. The van der Waals surface area contributed by atoms with Crippen molar-refractivity contribution in [1.29, 1.82) is 0 Å². The Labute approximate surface area is 138 Å². The van der Waals surface area contributed by atoms with Crippen LogP contribution < -0.4 is 0 Å². The Hall–Kier alpha value is -1.62. The minimum atomic E-state index is 0.0151. The molecule has 1 saturated heterocycles. The van der Waals surface area contributed by atoms with Crippen LogP contribution in [0.25, 0.3) is 0 Å². The van der Waals surface area contributed by atoms with E-state index in [1.807, 2.05) is 18.7 Å². The normalized spacial score (nSPS) is 20.2. The Morgan fingerprint density at radius 1 is 1.04 bits per heavy atom. The first kappa shape index (κ1) is 16.2. The van der Waals surface area contributed by atoms with Crippen LogP contribution in [0.5, 0.6) is 0 Å². The quantitative estimate of drug-likeness (QED) is 0.872. The lowest BCUT2D eigenvalue weighted by molar-refractivity contribution is 0.0568. The van der Waals surface area contributed by atoms with Gasteiger partial charge in [0.2, 0.25) is 0 Å². The number of ketones is 1. The fourth-order valence-electron chi connectivity index (χ4n) is 4.21. The van der Waals surface area contributed by atoms with Gasteiger partial charge >= 0.3 is 0 Å². The standard InChI is InChI=1S/C18H27N3O2/c1-12-16(14(3)22)13(2)19-17(12)18(23)21-10-8-20(9-11-21)15-6-4-5-7-15/h15,19H,4-11H2,1-3H3. The smallest absolute Gasteiger partial charge is 0.270 e. The van der Waals surface area contributed by atoms with Crippen LogP contribution in [0.3, 0.4) is 0 Å². The number of rotatable bonds is 3. The van der Waals surface area contributed by atoms with Crippen molar-refractivity contribution < 1.29 is 9.59 Å². The first-order valence-corrected chi connectivity index (χ1v) is 8.72. The summed E-state index contributed by atoms with van der Waals surface area (Å²) >= 11 is 0. The van der Waals surface area contributed by atoms with Gasteiger partial charge in [-0.25, -0.2) is 0 Å². The third-order valence-electron chi connectivity index (χ3n) is 5.45. The minimum absolute atomic E-state index is 0.0151. The zero-order chi connectivity index (χ0) is 16.6. The summed E-state index contributed by atoms with van der Waals surface area (Å²) in [5.41, 5.74) is 2.83.